The summed E-state index contributed by atoms with van der Waals surface area (Å²) < 4.78 is 52.3. The molecule has 1 aromatic rings. The standard InChI is InChI=1S/C16H29N3O7P3S/c1-17-18(2)27(30)26-16-9-7-15(8-10-16)11-12-19(13-28(20,22-3)23-4)14-29(21,24-5)25-6/h7-10H,1,11-14H2,2-6H3/q+1. The van der Waals surface area contributed by atoms with Crippen molar-refractivity contribution in [1.82, 2.24) is 9.68 Å². The van der Waals surface area contributed by atoms with Gasteiger partial charge < -0.3 is 18.1 Å². The minimum Gasteiger partial charge on any atom is -0.311 e. The molecule has 0 saturated heterocycles. The van der Waals surface area contributed by atoms with Crippen molar-refractivity contribution in [3.05, 3.63) is 29.8 Å². The quantitative estimate of drug-likeness (QED) is 0.199. The van der Waals surface area contributed by atoms with E-state index in [1.165, 1.54) is 33.2 Å². The Labute approximate surface area is 184 Å². The molecule has 0 aliphatic carbocycles. The van der Waals surface area contributed by atoms with Crippen molar-refractivity contribution < 1.29 is 31.7 Å². The van der Waals surface area contributed by atoms with Crippen LogP contribution in [0, 0.1) is 0 Å². The average molecular weight is 500 g/mol. The Bertz CT molecular complexity index is 753. The molecule has 1 aromatic carbocycles. The summed E-state index contributed by atoms with van der Waals surface area (Å²) in [5.74, 6) is 0.624. The molecule has 0 heterocycles. The third-order valence-electron chi connectivity index (χ3n) is 4.12. The van der Waals surface area contributed by atoms with E-state index in [0.29, 0.717) is 18.7 Å². The second kappa shape index (κ2) is 13.0. The van der Waals surface area contributed by atoms with E-state index in [1.807, 2.05) is 24.3 Å². The van der Waals surface area contributed by atoms with E-state index in [0.717, 1.165) is 5.56 Å². The Kier molecular flexibility index (Phi) is 11.8. The van der Waals surface area contributed by atoms with Crippen LogP contribution in [-0.4, -0.2) is 71.0 Å². The molecule has 0 fully saturated rings. The van der Waals surface area contributed by atoms with E-state index in [1.54, 1.807) is 11.9 Å². The van der Waals surface area contributed by atoms with Crippen LogP contribution < -0.4 is 4.52 Å². The molecule has 30 heavy (non-hydrogen) atoms. The van der Waals surface area contributed by atoms with Gasteiger partial charge in [0.05, 0.1) is 7.05 Å². The predicted molar refractivity (Wildman–Crippen MR) is 122 cm³/mol. The summed E-state index contributed by atoms with van der Waals surface area (Å²) in [6.45, 7) is 3.84. The summed E-state index contributed by atoms with van der Waals surface area (Å²) >= 11 is 5.23. The van der Waals surface area contributed by atoms with Gasteiger partial charge in [0.2, 0.25) is 11.8 Å². The molecule has 0 aliphatic rings. The van der Waals surface area contributed by atoms with Gasteiger partial charge in [0.15, 0.2) is 5.75 Å². The van der Waals surface area contributed by atoms with E-state index in [9.17, 15) is 9.13 Å². The lowest BCUT2D eigenvalue weighted by Gasteiger charge is -2.27. The fourth-order valence-corrected chi connectivity index (χ4v) is 5.58. The van der Waals surface area contributed by atoms with Gasteiger partial charge in [0, 0.05) is 41.7 Å². The fourth-order valence-electron chi connectivity index (χ4n) is 2.26. The normalized spacial score (nSPS) is 12.7. The maximum absolute atomic E-state index is 12.6. The molecule has 10 nitrogen and oxygen atoms in total. The first kappa shape index (κ1) is 27.3. The molecule has 0 aliphatic heterocycles. The van der Waals surface area contributed by atoms with Gasteiger partial charge in [-0.3, -0.25) is 18.6 Å². The van der Waals surface area contributed by atoms with Gasteiger partial charge in [-0.05, 0) is 24.1 Å². The van der Waals surface area contributed by atoms with Gasteiger partial charge in [-0.1, -0.05) is 16.9 Å². The minimum atomic E-state index is -3.36. The predicted octanol–water partition coefficient (Wildman–Crippen LogP) is 4.12. The van der Waals surface area contributed by atoms with Crippen LogP contribution in [0.2, 0.25) is 0 Å². The minimum absolute atomic E-state index is 0.0565. The van der Waals surface area contributed by atoms with Gasteiger partial charge in [-0.15, -0.1) is 5.10 Å². The zero-order valence-corrected chi connectivity index (χ0v) is 21.3. The summed E-state index contributed by atoms with van der Waals surface area (Å²) in [4.78, 5) is 1.68. The van der Waals surface area contributed by atoms with Crippen LogP contribution in [0.1, 0.15) is 5.56 Å². The highest BCUT2D eigenvalue weighted by Crippen LogP contribution is 2.51. The summed E-state index contributed by atoms with van der Waals surface area (Å²) in [6.07, 6.45) is 0.468. The summed E-state index contributed by atoms with van der Waals surface area (Å²) in [5.41, 5.74) is 0.991. The van der Waals surface area contributed by atoms with Crippen LogP contribution in [0.5, 0.6) is 5.75 Å². The number of hydrogen-bond acceptors (Lipinski definition) is 10. The Balaban J connectivity index is 2.84. The van der Waals surface area contributed by atoms with Crippen molar-refractivity contribution >= 4 is 40.8 Å². The van der Waals surface area contributed by atoms with E-state index in [2.05, 4.69) is 11.8 Å². The average Bonchev–Trinajstić information content (AvgIpc) is 2.77. The Morgan fingerprint density at radius 3 is 1.87 bits per heavy atom. The van der Waals surface area contributed by atoms with Crippen LogP contribution in [0.25, 0.3) is 0 Å². The molecule has 0 spiro atoms. The molecule has 170 valence electrons. The monoisotopic (exact) mass is 500 g/mol. The number of benzene rings is 1. The maximum atomic E-state index is 12.6. The molecule has 1 unspecified atom stereocenters. The molecule has 0 radical (unpaired) electrons. The van der Waals surface area contributed by atoms with Gasteiger partial charge in [-0.2, -0.15) is 0 Å². The third-order valence-corrected chi connectivity index (χ3v) is 9.74. The number of hydrogen-bond donors (Lipinski definition) is 0. The first-order valence-corrected chi connectivity index (χ1v) is 14.4. The van der Waals surface area contributed by atoms with E-state index in [4.69, 9.17) is 34.4 Å². The largest absolute Gasteiger partial charge is 0.540 e. The molecule has 14 heteroatoms. The third kappa shape index (κ3) is 8.79. The second-order valence-corrected chi connectivity index (χ2v) is 12.6. The van der Waals surface area contributed by atoms with Gasteiger partial charge >= 0.3 is 22.3 Å². The smallest absolute Gasteiger partial charge is 0.311 e. The molecule has 1 rings (SSSR count). The van der Waals surface area contributed by atoms with Crippen molar-refractivity contribution in [3.63, 3.8) is 0 Å². The Morgan fingerprint density at radius 1 is 1.00 bits per heavy atom. The van der Waals surface area contributed by atoms with Crippen LogP contribution in [-0.2, 0) is 45.5 Å². The number of rotatable bonds is 15. The van der Waals surface area contributed by atoms with Crippen LogP contribution in [0.4, 0.5) is 0 Å². The zero-order valence-electron chi connectivity index (χ0n) is 17.8. The molecule has 0 N–H and O–H groups in total. The Morgan fingerprint density at radius 2 is 1.47 bits per heavy atom. The van der Waals surface area contributed by atoms with Crippen LogP contribution in [0.15, 0.2) is 29.4 Å². The van der Waals surface area contributed by atoms with Gasteiger partial charge in [0.1, 0.15) is 12.6 Å². The van der Waals surface area contributed by atoms with E-state index >= 15 is 0 Å². The molecule has 0 saturated carbocycles. The SMILES string of the molecule is C=NN(C)[P+](=S)Oc1ccc(CCN(CP(=O)(OC)OC)CP(=O)(OC)OC)cc1. The van der Waals surface area contributed by atoms with Crippen molar-refractivity contribution in [2.45, 2.75) is 6.42 Å². The van der Waals surface area contributed by atoms with Crippen molar-refractivity contribution in [2.24, 2.45) is 5.10 Å². The van der Waals surface area contributed by atoms with Crippen molar-refractivity contribution in [2.75, 3.05) is 54.6 Å². The summed E-state index contributed by atoms with van der Waals surface area (Å²) in [5, 5.41) is 3.73. The first-order valence-electron chi connectivity index (χ1n) is 8.72. The van der Waals surface area contributed by atoms with Gasteiger partial charge in [0.25, 0.3) is 0 Å². The van der Waals surface area contributed by atoms with Crippen molar-refractivity contribution in [1.29, 1.82) is 0 Å². The van der Waals surface area contributed by atoms with E-state index in [-0.39, 0.29) is 12.6 Å². The highest BCUT2D eigenvalue weighted by molar-refractivity contribution is 8.02. The van der Waals surface area contributed by atoms with E-state index < -0.39 is 22.3 Å². The first-order chi connectivity index (χ1) is 14.1. The van der Waals surface area contributed by atoms with Crippen LogP contribution >= 0.6 is 22.3 Å². The Hall–Kier alpha value is -0.730. The molecule has 0 aromatic heterocycles. The molecule has 1 atom stereocenters. The summed E-state index contributed by atoms with van der Waals surface area (Å²) in [7, 11) is -1.11. The number of nitrogens with zero attached hydrogens (tertiary/aromatic N) is 3. The highest BCUT2D eigenvalue weighted by atomic mass is 32.4. The second-order valence-electron chi connectivity index (χ2n) is 5.98. The highest BCUT2D eigenvalue weighted by Gasteiger charge is 2.31. The zero-order chi connectivity index (χ0) is 22.8. The molecule has 0 amide bonds. The molecular weight excluding hydrogens is 471 g/mol. The lowest BCUT2D eigenvalue weighted by atomic mass is 10.1. The molecule has 0 bridgehead atoms. The lowest BCUT2D eigenvalue weighted by molar-refractivity contribution is 0.224. The van der Waals surface area contributed by atoms with Gasteiger partial charge in [-0.25, -0.2) is 0 Å². The fraction of sp³-hybridized carbons (Fsp3) is 0.562. The lowest BCUT2D eigenvalue weighted by Crippen LogP contribution is -2.29. The number of hydrazone groups is 1. The summed E-state index contributed by atoms with van der Waals surface area (Å²) in [6, 6.07) is 7.41. The van der Waals surface area contributed by atoms with Crippen molar-refractivity contribution in [3.8, 4) is 5.75 Å². The van der Waals surface area contributed by atoms with Crippen LogP contribution in [0.3, 0.4) is 0 Å². The maximum Gasteiger partial charge on any atom is 0.540 e. The molecular formula is C16H29N3O7P3S+. The topological polar surface area (TPSA) is 99.1 Å².